The van der Waals surface area contributed by atoms with Gasteiger partial charge >= 0.3 is 0 Å². The molecule has 0 spiro atoms. The van der Waals surface area contributed by atoms with Crippen molar-refractivity contribution in [2.75, 3.05) is 19.1 Å². The van der Waals surface area contributed by atoms with E-state index in [4.69, 9.17) is 16.0 Å². The highest BCUT2D eigenvalue weighted by atomic mass is 35.5. The van der Waals surface area contributed by atoms with Crippen LogP contribution in [0.5, 0.6) is 0 Å². The molecule has 1 unspecified atom stereocenters. The monoisotopic (exact) mass is 311 g/mol. The van der Waals surface area contributed by atoms with Crippen LogP contribution in [0.3, 0.4) is 0 Å². The zero-order valence-corrected chi connectivity index (χ0v) is 13.1. The van der Waals surface area contributed by atoms with E-state index in [1.165, 1.54) is 10.4 Å². The first kappa shape index (κ1) is 15.9. The number of thioether (sulfide) groups is 1. The number of halogens is 1. The number of hydrogen-bond donors (Lipinski definition) is 0. The summed E-state index contributed by atoms with van der Waals surface area (Å²) in [6, 6.07) is 2.97. The Balaban J connectivity index is 2.85. The third-order valence-corrected chi connectivity index (χ3v) is 5.52. The summed E-state index contributed by atoms with van der Waals surface area (Å²) in [7, 11) is -1.99. The van der Waals surface area contributed by atoms with Crippen LogP contribution in [-0.4, -0.2) is 37.8 Å². The molecule has 0 radical (unpaired) electrons. The first-order chi connectivity index (χ1) is 8.43. The lowest BCUT2D eigenvalue weighted by atomic mass is 10.3. The predicted molar refractivity (Wildman–Crippen MR) is 75.7 cm³/mol. The molecule has 0 saturated carbocycles. The number of furan rings is 1. The fourth-order valence-electron chi connectivity index (χ4n) is 1.42. The second-order valence-corrected chi connectivity index (χ2v) is 7.19. The smallest absolute Gasteiger partial charge is 0.276 e. The van der Waals surface area contributed by atoms with Crippen molar-refractivity contribution in [2.24, 2.45) is 0 Å². The minimum absolute atomic E-state index is 0.0448. The molecule has 0 aliphatic rings. The van der Waals surface area contributed by atoms with Gasteiger partial charge < -0.3 is 4.42 Å². The van der Waals surface area contributed by atoms with Crippen molar-refractivity contribution in [3.05, 3.63) is 17.9 Å². The topological polar surface area (TPSA) is 50.5 Å². The molecular weight excluding hydrogens is 294 g/mol. The van der Waals surface area contributed by atoms with Crippen molar-refractivity contribution in [2.45, 2.75) is 30.4 Å². The predicted octanol–water partition coefficient (Wildman–Crippen LogP) is 2.78. The standard InChI is InChI=1S/C11H18ClNO3S2/c1-9(6-7-17-3)13(2)18(14,15)11-5-4-10(8-12)16-11/h4-5,9H,6-8H2,1-3H3. The molecule has 1 aromatic heterocycles. The van der Waals surface area contributed by atoms with Gasteiger partial charge in [-0.25, -0.2) is 8.42 Å². The molecule has 0 fully saturated rings. The summed E-state index contributed by atoms with van der Waals surface area (Å²) in [5.74, 6) is 1.55. The number of hydrogen-bond acceptors (Lipinski definition) is 4. The lowest BCUT2D eigenvalue weighted by Crippen LogP contribution is -2.35. The summed E-state index contributed by atoms with van der Waals surface area (Å²) >= 11 is 7.30. The van der Waals surface area contributed by atoms with Gasteiger partial charge in [-0.05, 0) is 37.5 Å². The van der Waals surface area contributed by atoms with E-state index in [9.17, 15) is 8.42 Å². The zero-order valence-electron chi connectivity index (χ0n) is 10.7. The highest BCUT2D eigenvalue weighted by molar-refractivity contribution is 7.98. The Morgan fingerprint density at radius 1 is 1.50 bits per heavy atom. The van der Waals surface area contributed by atoms with Gasteiger partial charge in [-0.3, -0.25) is 0 Å². The van der Waals surface area contributed by atoms with Crippen LogP contribution in [0.1, 0.15) is 19.1 Å². The summed E-state index contributed by atoms with van der Waals surface area (Å²) in [6.07, 6.45) is 2.81. The summed E-state index contributed by atoms with van der Waals surface area (Å²) < 4.78 is 31.1. The SMILES string of the molecule is CSCCC(C)N(C)S(=O)(=O)c1ccc(CCl)o1. The third-order valence-electron chi connectivity index (χ3n) is 2.76. The summed E-state index contributed by atoms with van der Waals surface area (Å²) in [4.78, 5) is 0. The maximum atomic E-state index is 12.2. The normalized spacial score (nSPS) is 14.1. The minimum atomic E-state index is -3.56. The molecule has 0 aliphatic heterocycles. The molecule has 7 heteroatoms. The maximum Gasteiger partial charge on any atom is 0.276 e. The minimum Gasteiger partial charge on any atom is -0.447 e. The van der Waals surface area contributed by atoms with E-state index in [0.29, 0.717) is 5.76 Å². The van der Waals surface area contributed by atoms with Gasteiger partial charge in [-0.1, -0.05) is 0 Å². The molecular formula is C11H18ClNO3S2. The van der Waals surface area contributed by atoms with E-state index in [0.717, 1.165) is 12.2 Å². The van der Waals surface area contributed by atoms with Crippen LogP contribution in [0.15, 0.2) is 21.6 Å². The van der Waals surface area contributed by atoms with Crippen LogP contribution in [0, 0.1) is 0 Å². The summed E-state index contributed by atoms with van der Waals surface area (Å²) in [5, 5.41) is -0.0448. The quantitative estimate of drug-likeness (QED) is 0.727. The van der Waals surface area contributed by atoms with E-state index in [-0.39, 0.29) is 17.0 Å². The van der Waals surface area contributed by atoms with E-state index < -0.39 is 10.0 Å². The molecule has 0 bridgehead atoms. The van der Waals surface area contributed by atoms with Crippen molar-refractivity contribution < 1.29 is 12.8 Å². The second-order valence-electron chi connectivity index (χ2n) is 4.01. The number of sulfonamides is 1. The van der Waals surface area contributed by atoms with Gasteiger partial charge in [0.25, 0.3) is 10.0 Å². The van der Waals surface area contributed by atoms with Crippen LogP contribution in [0.25, 0.3) is 0 Å². The highest BCUT2D eigenvalue weighted by Crippen LogP contribution is 2.21. The van der Waals surface area contributed by atoms with Crippen molar-refractivity contribution in [1.82, 2.24) is 4.31 Å². The van der Waals surface area contributed by atoms with Crippen LogP contribution in [0.2, 0.25) is 0 Å². The third kappa shape index (κ3) is 3.66. The Kier molecular flexibility index (Phi) is 6.04. The van der Waals surface area contributed by atoms with Gasteiger partial charge in [-0.15, -0.1) is 11.6 Å². The Morgan fingerprint density at radius 2 is 2.17 bits per heavy atom. The molecule has 0 amide bonds. The van der Waals surface area contributed by atoms with Gasteiger partial charge in [0.15, 0.2) is 0 Å². The van der Waals surface area contributed by atoms with E-state index in [1.807, 2.05) is 13.2 Å². The Hall–Kier alpha value is -0.170. The lowest BCUT2D eigenvalue weighted by molar-refractivity contribution is 0.354. The first-order valence-corrected chi connectivity index (χ1v) is 8.92. The molecule has 1 aromatic rings. The highest BCUT2D eigenvalue weighted by Gasteiger charge is 2.28. The Bertz CT molecular complexity index is 472. The molecule has 104 valence electrons. The van der Waals surface area contributed by atoms with Gasteiger partial charge in [0.1, 0.15) is 5.76 Å². The van der Waals surface area contributed by atoms with E-state index in [2.05, 4.69) is 0 Å². The van der Waals surface area contributed by atoms with Crippen molar-refractivity contribution in [1.29, 1.82) is 0 Å². The number of nitrogens with zero attached hydrogens (tertiary/aromatic N) is 1. The molecule has 0 aromatic carbocycles. The second kappa shape index (κ2) is 6.84. The van der Waals surface area contributed by atoms with Crippen molar-refractivity contribution in [3.8, 4) is 0 Å². The van der Waals surface area contributed by atoms with Crippen LogP contribution in [0.4, 0.5) is 0 Å². The fourth-order valence-corrected chi connectivity index (χ4v) is 3.45. The van der Waals surface area contributed by atoms with E-state index >= 15 is 0 Å². The van der Waals surface area contributed by atoms with E-state index in [1.54, 1.807) is 24.9 Å². The first-order valence-electron chi connectivity index (χ1n) is 5.55. The average Bonchev–Trinajstić information content (AvgIpc) is 2.84. The summed E-state index contributed by atoms with van der Waals surface area (Å²) in [6.45, 7) is 1.89. The zero-order chi connectivity index (χ0) is 13.8. The molecule has 1 atom stereocenters. The molecule has 0 saturated heterocycles. The molecule has 0 aliphatic carbocycles. The molecule has 1 heterocycles. The number of alkyl halides is 1. The van der Waals surface area contributed by atoms with Gasteiger partial charge in [0, 0.05) is 13.1 Å². The van der Waals surface area contributed by atoms with Gasteiger partial charge in [0.05, 0.1) is 5.88 Å². The molecule has 18 heavy (non-hydrogen) atoms. The maximum absolute atomic E-state index is 12.2. The number of rotatable bonds is 7. The van der Waals surface area contributed by atoms with Gasteiger partial charge in [0.2, 0.25) is 5.09 Å². The van der Waals surface area contributed by atoms with Crippen molar-refractivity contribution in [3.63, 3.8) is 0 Å². The lowest BCUT2D eigenvalue weighted by Gasteiger charge is -2.22. The average molecular weight is 312 g/mol. The van der Waals surface area contributed by atoms with Crippen molar-refractivity contribution >= 4 is 33.4 Å². The Morgan fingerprint density at radius 3 is 2.67 bits per heavy atom. The molecule has 0 N–H and O–H groups in total. The van der Waals surface area contributed by atoms with Crippen LogP contribution in [-0.2, 0) is 15.9 Å². The fraction of sp³-hybridized carbons (Fsp3) is 0.636. The molecule has 4 nitrogen and oxygen atoms in total. The van der Waals surface area contributed by atoms with Gasteiger partial charge in [-0.2, -0.15) is 16.1 Å². The Labute approximate surface area is 118 Å². The largest absolute Gasteiger partial charge is 0.447 e. The van der Waals surface area contributed by atoms with Crippen LogP contribution >= 0.6 is 23.4 Å². The molecule has 1 rings (SSSR count). The summed E-state index contributed by atoms with van der Waals surface area (Å²) in [5.41, 5.74) is 0. The van der Waals surface area contributed by atoms with Crippen LogP contribution < -0.4 is 0 Å².